The first-order valence-electron chi connectivity index (χ1n) is 5.52. The molecule has 0 unspecified atom stereocenters. The molecular formula is C13H15ClN2O2. The third-order valence-electron chi connectivity index (χ3n) is 3.25. The van der Waals surface area contributed by atoms with Gasteiger partial charge in [-0.15, -0.1) is 0 Å². The highest BCUT2D eigenvalue weighted by Crippen LogP contribution is 2.42. The molecule has 2 aromatic rings. The largest absolute Gasteiger partial charge is 0.495 e. The Kier molecular flexibility index (Phi) is 3.22. The molecule has 1 aromatic carbocycles. The predicted octanol–water partition coefficient (Wildman–Crippen LogP) is 3.51. The molecule has 0 aliphatic heterocycles. The van der Waals surface area contributed by atoms with E-state index in [1.807, 2.05) is 20.8 Å². The summed E-state index contributed by atoms with van der Waals surface area (Å²) in [5, 5.41) is 4.30. The molecule has 4 nitrogen and oxygen atoms in total. The Morgan fingerprint density at radius 2 is 1.89 bits per heavy atom. The van der Waals surface area contributed by atoms with Crippen LogP contribution < -0.4 is 10.5 Å². The zero-order valence-electron chi connectivity index (χ0n) is 10.8. The minimum Gasteiger partial charge on any atom is -0.495 e. The highest BCUT2D eigenvalue weighted by Gasteiger charge is 2.20. The van der Waals surface area contributed by atoms with Crippen molar-refractivity contribution in [2.24, 2.45) is 0 Å². The SMILES string of the molecule is COc1c(C)c(C)c(-c2cnoc2N)c(C)c1Cl. The van der Waals surface area contributed by atoms with Crippen molar-refractivity contribution in [1.29, 1.82) is 0 Å². The number of benzene rings is 1. The number of hydrogen-bond acceptors (Lipinski definition) is 4. The summed E-state index contributed by atoms with van der Waals surface area (Å²) in [6.45, 7) is 5.90. The van der Waals surface area contributed by atoms with E-state index in [0.29, 0.717) is 16.7 Å². The van der Waals surface area contributed by atoms with Crippen molar-refractivity contribution in [3.05, 3.63) is 27.9 Å². The lowest BCUT2D eigenvalue weighted by atomic mass is 9.93. The quantitative estimate of drug-likeness (QED) is 0.903. The molecule has 0 fully saturated rings. The van der Waals surface area contributed by atoms with Crippen LogP contribution in [0.5, 0.6) is 5.75 Å². The molecule has 1 aromatic heterocycles. The van der Waals surface area contributed by atoms with Crippen LogP contribution in [0.3, 0.4) is 0 Å². The second-order valence-electron chi connectivity index (χ2n) is 4.20. The topological polar surface area (TPSA) is 61.3 Å². The van der Waals surface area contributed by atoms with Crippen LogP contribution in [0.1, 0.15) is 16.7 Å². The molecule has 5 heteroatoms. The number of nitrogens with zero attached hydrogens (tertiary/aromatic N) is 1. The number of nitrogen functional groups attached to an aromatic ring is 1. The van der Waals surface area contributed by atoms with Crippen LogP contribution >= 0.6 is 11.6 Å². The van der Waals surface area contributed by atoms with Crippen molar-refractivity contribution >= 4 is 17.5 Å². The molecule has 0 aliphatic carbocycles. The fourth-order valence-electron chi connectivity index (χ4n) is 2.17. The van der Waals surface area contributed by atoms with Gasteiger partial charge < -0.3 is 15.0 Å². The summed E-state index contributed by atoms with van der Waals surface area (Å²) < 4.78 is 10.3. The Morgan fingerprint density at radius 3 is 2.39 bits per heavy atom. The maximum absolute atomic E-state index is 6.33. The number of ether oxygens (including phenoxy) is 1. The van der Waals surface area contributed by atoms with Gasteiger partial charge in [-0.2, -0.15) is 0 Å². The van der Waals surface area contributed by atoms with E-state index in [4.69, 9.17) is 26.6 Å². The monoisotopic (exact) mass is 266 g/mol. The van der Waals surface area contributed by atoms with Crippen LogP contribution in [0.25, 0.3) is 11.1 Å². The normalized spacial score (nSPS) is 10.7. The average Bonchev–Trinajstić information content (AvgIpc) is 2.75. The zero-order valence-corrected chi connectivity index (χ0v) is 11.6. The van der Waals surface area contributed by atoms with E-state index < -0.39 is 0 Å². The van der Waals surface area contributed by atoms with Crippen LogP contribution in [0, 0.1) is 20.8 Å². The van der Waals surface area contributed by atoms with Gasteiger partial charge in [0.1, 0.15) is 5.75 Å². The number of methoxy groups -OCH3 is 1. The van der Waals surface area contributed by atoms with Gasteiger partial charge in [0, 0.05) is 0 Å². The second kappa shape index (κ2) is 4.53. The first kappa shape index (κ1) is 12.8. The van der Waals surface area contributed by atoms with Crippen molar-refractivity contribution in [2.75, 3.05) is 12.8 Å². The maximum Gasteiger partial charge on any atom is 0.229 e. The van der Waals surface area contributed by atoms with Gasteiger partial charge in [0.25, 0.3) is 0 Å². The van der Waals surface area contributed by atoms with E-state index in [2.05, 4.69) is 5.16 Å². The Balaban J connectivity index is 2.81. The van der Waals surface area contributed by atoms with Crippen LogP contribution in [-0.4, -0.2) is 12.3 Å². The number of aromatic nitrogens is 1. The average molecular weight is 267 g/mol. The van der Waals surface area contributed by atoms with Gasteiger partial charge in [0.15, 0.2) is 0 Å². The number of anilines is 1. The first-order valence-corrected chi connectivity index (χ1v) is 5.90. The summed E-state index contributed by atoms with van der Waals surface area (Å²) in [4.78, 5) is 0. The minimum atomic E-state index is 0.293. The molecule has 2 rings (SSSR count). The van der Waals surface area contributed by atoms with Gasteiger partial charge in [-0.25, -0.2) is 0 Å². The number of nitrogens with two attached hydrogens (primary N) is 1. The summed E-state index contributed by atoms with van der Waals surface area (Å²) in [7, 11) is 1.61. The molecule has 0 amide bonds. The van der Waals surface area contributed by atoms with Crippen molar-refractivity contribution in [2.45, 2.75) is 20.8 Å². The second-order valence-corrected chi connectivity index (χ2v) is 4.58. The summed E-state index contributed by atoms with van der Waals surface area (Å²) >= 11 is 6.33. The molecular weight excluding hydrogens is 252 g/mol. The van der Waals surface area contributed by atoms with Crippen molar-refractivity contribution < 1.29 is 9.26 Å². The zero-order chi connectivity index (χ0) is 13.4. The molecule has 0 atom stereocenters. The van der Waals surface area contributed by atoms with Gasteiger partial charge in [0.05, 0.1) is 23.9 Å². The highest BCUT2D eigenvalue weighted by atomic mass is 35.5. The maximum atomic E-state index is 6.33. The summed E-state index contributed by atoms with van der Waals surface area (Å²) in [5.74, 6) is 0.993. The molecule has 0 spiro atoms. The molecule has 0 radical (unpaired) electrons. The van der Waals surface area contributed by atoms with Gasteiger partial charge in [-0.1, -0.05) is 16.8 Å². The Bertz CT molecular complexity index is 576. The smallest absolute Gasteiger partial charge is 0.229 e. The summed E-state index contributed by atoms with van der Waals surface area (Å²) in [6.07, 6.45) is 1.60. The Labute approximate surface area is 111 Å². The van der Waals surface area contributed by atoms with Gasteiger partial charge in [0.2, 0.25) is 5.88 Å². The molecule has 1 heterocycles. The number of hydrogen-bond donors (Lipinski definition) is 1. The molecule has 0 saturated carbocycles. The summed E-state index contributed by atoms with van der Waals surface area (Å²) in [5.41, 5.74) is 10.5. The number of rotatable bonds is 2. The minimum absolute atomic E-state index is 0.293. The van der Waals surface area contributed by atoms with Gasteiger partial charge in [-0.3, -0.25) is 0 Å². The fraction of sp³-hybridized carbons (Fsp3) is 0.308. The molecule has 96 valence electrons. The molecule has 18 heavy (non-hydrogen) atoms. The fourth-order valence-corrected chi connectivity index (χ4v) is 2.48. The third kappa shape index (κ3) is 1.73. The van der Waals surface area contributed by atoms with Crippen LogP contribution in [0.15, 0.2) is 10.7 Å². The Hall–Kier alpha value is -1.68. The third-order valence-corrected chi connectivity index (χ3v) is 3.71. The van der Waals surface area contributed by atoms with E-state index in [0.717, 1.165) is 27.8 Å². The molecule has 0 bridgehead atoms. The summed E-state index contributed by atoms with van der Waals surface area (Å²) in [6, 6.07) is 0. The highest BCUT2D eigenvalue weighted by molar-refractivity contribution is 6.33. The Morgan fingerprint density at radius 1 is 1.22 bits per heavy atom. The molecule has 0 saturated heterocycles. The molecule has 0 aliphatic rings. The van der Waals surface area contributed by atoms with E-state index in [1.165, 1.54) is 0 Å². The molecule has 2 N–H and O–H groups in total. The lowest BCUT2D eigenvalue weighted by Crippen LogP contribution is -1.99. The van der Waals surface area contributed by atoms with Gasteiger partial charge >= 0.3 is 0 Å². The van der Waals surface area contributed by atoms with Crippen molar-refractivity contribution in [3.63, 3.8) is 0 Å². The van der Waals surface area contributed by atoms with E-state index in [-0.39, 0.29) is 0 Å². The van der Waals surface area contributed by atoms with Crippen LogP contribution in [-0.2, 0) is 0 Å². The standard InChI is InChI=1S/C13H15ClN2O2/c1-6-7(2)12(17-4)11(14)8(3)10(6)9-5-16-18-13(9)15/h5H,15H2,1-4H3. The van der Waals surface area contributed by atoms with Crippen LogP contribution in [0.4, 0.5) is 5.88 Å². The van der Waals surface area contributed by atoms with Gasteiger partial charge in [-0.05, 0) is 43.0 Å². The van der Waals surface area contributed by atoms with E-state index in [1.54, 1.807) is 13.3 Å². The van der Waals surface area contributed by atoms with Crippen molar-refractivity contribution in [1.82, 2.24) is 5.16 Å². The lowest BCUT2D eigenvalue weighted by Gasteiger charge is -2.17. The number of halogens is 1. The van der Waals surface area contributed by atoms with Crippen molar-refractivity contribution in [3.8, 4) is 16.9 Å². The van der Waals surface area contributed by atoms with E-state index in [9.17, 15) is 0 Å². The van der Waals surface area contributed by atoms with E-state index >= 15 is 0 Å². The lowest BCUT2D eigenvalue weighted by molar-refractivity contribution is 0.411. The predicted molar refractivity (Wildman–Crippen MR) is 72.1 cm³/mol. The first-order chi connectivity index (χ1) is 8.49. The van der Waals surface area contributed by atoms with Crippen LogP contribution in [0.2, 0.25) is 5.02 Å².